The summed E-state index contributed by atoms with van der Waals surface area (Å²) in [7, 11) is 0. The summed E-state index contributed by atoms with van der Waals surface area (Å²) in [6.07, 6.45) is 1.56. The van der Waals surface area contributed by atoms with Crippen molar-refractivity contribution in [1.29, 1.82) is 0 Å². The highest BCUT2D eigenvalue weighted by Gasteiger charge is 2.11. The standard InChI is InChI=1S/C18H24N4O2/c1-5-22(6-2)16-8-7-14(10-19-16)17(23)20-11-15-12(3)9-13(4)21-18(15)24/h7-10H,5-6,11H2,1-4H3,(H,20,23)(H,21,24). The van der Waals surface area contributed by atoms with Crippen LogP contribution < -0.4 is 15.8 Å². The summed E-state index contributed by atoms with van der Waals surface area (Å²) in [4.78, 5) is 33.4. The number of carbonyl (C=O) groups is 1. The fraction of sp³-hybridized carbons (Fsp3) is 0.389. The molecule has 0 saturated carbocycles. The van der Waals surface area contributed by atoms with Crippen LogP contribution >= 0.6 is 0 Å². The predicted molar refractivity (Wildman–Crippen MR) is 95.5 cm³/mol. The molecule has 0 aliphatic carbocycles. The Balaban J connectivity index is 2.07. The summed E-state index contributed by atoms with van der Waals surface area (Å²) in [5.41, 5.74) is 2.56. The third-order valence-corrected chi connectivity index (χ3v) is 4.02. The second kappa shape index (κ2) is 7.77. The van der Waals surface area contributed by atoms with E-state index in [9.17, 15) is 9.59 Å². The topological polar surface area (TPSA) is 78.1 Å². The SMILES string of the molecule is CCN(CC)c1ccc(C(=O)NCc2c(C)cc(C)[nH]c2=O)cn1. The molecule has 2 aromatic rings. The second-order valence-electron chi connectivity index (χ2n) is 5.70. The largest absolute Gasteiger partial charge is 0.357 e. The van der Waals surface area contributed by atoms with E-state index in [2.05, 4.69) is 34.0 Å². The van der Waals surface area contributed by atoms with Crippen LogP contribution in [0.25, 0.3) is 0 Å². The highest BCUT2D eigenvalue weighted by atomic mass is 16.1. The molecule has 0 aliphatic heterocycles. The smallest absolute Gasteiger partial charge is 0.253 e. The van der Waals surface area contributed by atoms with E-state index < -0.39 is 0 Å². The molecular weight excluding hydrogens is 304 g/mol. The van der Waals surface area contributed by atoms with Gasteiger partial charge in [-0.2, -0.15) is 0 Å². The number of pyridine rings is 2. The molecule has 6 heteroatoms. The maximum atomic E-state index is 12.3. The van der Waals surface area contributed by atoms with Crippen LogP contribution in [0.3, 0.4) is 0 Å². The molecule has 0 fully saturated rings. The number of anilines is 1. The van der Waals surface area contributed by atoms with Gasteiger partial charge in [-0.3, -0.25) is 9.59 Å². The number of nitrogens with one attached hydrogen (secondary N) is 2. The van der Waals surface area contributed by atoms with Crippen LogP contribution in [0.4, 0.5) is 5.82 Å². The molecule has 2 aromatic heterocycles. The van der Waals surface area contributed by atoms with E-state index in [1.807, 2.05) is 26.0 Å². The van der Waals surface area contributed by atoms with Crippen molar-refractivity contribution in [2.45, 2.75) is 34.2 Å². The van der Waals surface area contributed by atoms with Crippen LogP contribution in [0.5, 0.6) is 0 Å². The molecule has 0 bridgehead atoms. The van der Waals surface area contributed by atoms with Gasteiger partial charge in [0.2, 0.25) is 0 Å². The molecule has 0 saturated heterocycles. The minimum Gasteiger partial charge on any atom is -0.357 e. The van der Waals surface area contributed by atoms with Gasteiger partial charge in [-0.15, -0.1) is 0 Å². The van der Waals surface area contributed by atoms with Crippen LogP contribution in [0.15, 0.2) is 29.2 Å². The first-order chi connectivity index (χ1) is 11.5. The van der Waals surface area contributed by atoms with E-state index in [-0.39, 0.29) is 18.0 Å². The first-order valence-electron chi connectivity index (χ1n) is 8.14. The van der Waals surface area contributed by atoms with Gasteiger partial charge in [-0.1, -0.05) is 0 Å². The zero-order valence-corrected chi connectivity index (χ0v) is 14.6. The average molecular weight is 328 g/mol. The molecule has 6 nitrogen and oxygen atoms in total. The van der Waals surface area contributed by atoms with Crippen molar-refractivity contribution in [1.82, 2.24) is 15.3 Å². The lowest BCUT2D eigenvalue weighted by Crippen LogP contribution is -2.28. The Hall–Kier alpha value is -2.63. The van der Waals surface area contributed by atoms with Crippen LogP contribution in [0.1, 0.15) is 41.0 Å². The fourth-order valence-electron chi connectivity index (χ4n) is 2.63. The highest BCUT2D eigenvalue weighted by Crippen LogP contribution is 2.11. The van der Waals surface area contributed by atoms with Crippen molar-refractivity contribution in [3.05, 3.63) is 57.1 Å². The molecule has 0 aromatic carbocycles. The van der Waals surface area contributed by atoms with E-state index in [0.29, 0.717) is 11.1 Å². The lowest BCUT2D eigenvalue weighted by Gasteiger charge is -2.19. The van der Waals surface area contributed by atoms with Gasteiger partial charge in [0, 0.05) is 37.1 Å². The normalized spacial score (nSPS) is 10.5. The first kappa shape index (κ1) is 17.7. The highest BCUT2D eigenvalue weighted by molar-refractivity contribution is 5.94. The number of aromatic amines is 1. The van der Waals surface area contributed by atoms with E-state index in [1.165, 1.54) is 0 Å². The quantitative estimate of drug-likeness (QED) is 0.852. The van der Waals surface area contributed by atoms with E-state index in [4.69, 9.17) is 0 Å². The van der Waals surface area contributed by atoms with Crippen molar-refractivity contribution in [3.8, 4) is 0 Å². The zero-order chi connectivity index (χ0) is 17.7. The Morgan fingerprint density at radius 3 is 2.50 bits per heavy atom. The molecule has 24 heavy (non-hydrogen) atoms. The van der Waals surface area contributed by atoms with Crippen LogP contribution in [0, 0.1) is 13.8 Å². The molecule has 0 radical (unpaired) electrons. The van der Waals surface area contributed by atoms with Gasteiger partial charge in [0.05, 0.1) is 5.56 Å². The molecule has 0 spiro atoms. The number of amides is 1. The predicted octanol–water partition coefficient (Wildman–Crippen LogP) is 2.16. The maximum Gasteiger partial charge on any atom is 0.253 e. The number of carbonyl (C=O) groups excluding carboxylic acids is 1. The molecule has 0 aliphatic rings. The molecule has 2 heterocycles. The van der Waals surface area contributed by atoms with Crippen molar-refractivity contribution in [2.75, 3.05) is 18.0 Å². The van der Waals surface area contributed by atoms with Gasteiger partial charge in [-0.25, -0.2) is 4.98 Å². The van der Waals surface area contributed by atoms with Crippen LogP contribution in [-0.2, 0) is 6.54 Å². The molecule has 2 rings (SSSR count). The molecular formula is C18H24N4O2. The lowest BCUT2D eigenvalue weighted by atomic mass is 10.1. The summed E-state index contributed by atoms with van der Waals surface area (Å²) in [5, 5.41) is 2.78. The Bertz CT molecular complexity index is 762. The Labute approximate surface area is 141 Å². The number of H-pyrrole nitrogens is 1. The third kappa shape index (κ3) is 4.01. The number of hydrogen-bond acceptors (Lipinski definition) is 4. The second-order valence-corrected chi connectivity index (χ2v) is 5.70. The van der Waals surface area contributed by atoms with Crippen molar-refractivity contribution >= 4 is 11.7 Å². The zero-order valence-electron chi connectivity index (χ0n) is 14.6. The lowest BCUT2D eigenvalue weighted by molar-refractivity contribution is 0.0950. The summed E-state index contributed by atoms with van der Waals surface area (Å²) in [6, 6.07) is 5.48. The first-order valence-corrected chi connectivity index (χ1v) is 8.14. The summed E-state index contributed by atoms with van der Waals surface area (Å²) >= 11 is 0. The monoisotopic (exact) mass is 328 g/mol. The van der Waals surface area contributed by atoms with E-state index >= 15 is 0 Å². The number of hydrogen-bond donors (Lipinski definition) is 2. The van der Waals surface area contributed by atoms with Crippen molar-refractivity contribution < 1.29 is 4.79 Å². The number of nitrogens with zero attached hydrogens (tertiary/aromatic N) is 2. The molecule has 0 atom stereocenters. The molecule has 1 amide bonds. The van der Waals surface area contributed by atoms with Crippen LogP contribution in [0.2, 0.25) is 0 Å². The third-order valence-electron chi connectivity index (χ3n) is 4.02. The summed E-state index contributed by atoms with van der Waals surface area (Å²) in [6.45, 7) is 9.75. The minimum absolute atomic E-state index is 0.164. The van der Waals surface area contributed by atoms with Crippen molar-refractivity contribution in [2.24, 2.45) is 0 Å². The average Bonchev–Trinajstić information content (AvgIpc) is 2.55. The number of aromatic nitrogens is 2. The number of rotatable bonds is 6. The van der Waals surface area contributed by atoms with Crippen molar-refractivity contribution in [3.63, 3.8) is 0 Å². The Morgan fingerprint density at radius 1 is 1.25 bits per heavy atom. The van der Waals surface area contributed by atoms with Gasteiger partial charge in [0.1, 0.15) is 5.82 Å². The number of aryl methyl sites for hydroxylation is 2. The summed E-state index contributed by atoms with van der Waals surface area (Å²) in [5.74, 6) is 0.607. The summed E-state index contributed by atoms with van der Waals surface area (Å²) < 4.78 is 0. The van der Waals surface area contributed by atoms with Gasteiger partial charge in [0.15, 0.2) is 0 Å². The van der Waals surface area contributed by atoms with Gasteiger partial charge >= 0.3 is 0 Å². The van der Waals surface area contributed by atoms with E-state index in [0.717, 1.165) is 30.2 Å². The van der Waals surface area contributed by atoms with Gasteiger partial charge in [0.25, 0.3) is 11.5 Å². The molecule has 0 unspecified atom stereocenters. The minimum atomic E-state index is -0.243. The molecule has 128 valence electrons. The van der Waals surface area contributed by atoms with Gasteiger partial charge < -0.3 is 15.2 Å². The van der Waals surface area contributed by atoms with Gasteiger partial charge in [-0.05, 0) is 51.5 Å². The molecule has 2 N–H and O–H groups in total. The Kier molecular flexibility index (Phi) is 5.73. The Morgan fingerprint density at radius 2 is 1.96 bits per heavy atom. The fourth-order valence-corrected chi connectivity index (χ4v) is 2.63. The van der Waals surface area contributed by atoms with E-state index in [1.54, 1.807) is 12.3 Å². The van der Waals surface area contributed by atoms with Crippen LogP contribution in [-0.4, -0.2) is 29.0 Å². The maximum absolute atomic E-state index is 12.3.